The van der Waals surface area contributed by atoms with Crippen LogP contribution in [0.15, 0.2) is 72.8 Å². The maximum absolute atomic E-state index is 14.6. The third-order valence-electron chi connectivity index (χ3n) is 5.39. The number of hydrogen-bond donors (Lipinski definition) is 2. The van der Waals surface area contributed by atoms with E-state index in [0.29, 0.717) is 23.4 Å². The Morgan fingerprint density at radius 1 is 0.846 bits per heavy atom. The largest absolute Gasteiger partial charge is 0.494 e. The summed E-state index contributed by atoms with van der Waals surface area (Å²) in [6, 6.07) is 15.3. The highest BCUT2D eigenvalue weighted by molar-refractivity contribution is 5.87. The van der Waals surface area contributed by atoms with Crippen molar-refractivity contribution in [2.24, 2.45) is 0 Å². The molecular weight excluding hydrogens is 523 g/mol. The molecule has 3 aromatic rings. The van der Waals surface area contributed by atoms with Gasteiger partial charge in [0, 0.05) is 30.3 Å². The summed E-state index contributed by atoms with van der Waals surface area (Å²) >= 11 is 0. The molecule has 0 atom stereocenters. The van der Waals surface area contributed by atoms with Crippen molar-refractivity contribution in [2.45, 2.75) is 31.5 Å². The lowest BCUT2D eigenvalue weighted by Gasteiger charge is -2.18. The van der Waals surface area contributed by atoms with Crippen LogP contribution in [0.5, 0.6) is 11.5 Å². The molecule has 11 heteroatoms. The van der Waals surface area contributed by atoms with E-state index in [1.807, 2.05) is 0 Å². The fourth-order valence-corrected chi connectivity index (χ4v) is 3.38. The topological polar surface area (TPSA) is 96.8 Å². The Hall–Kier alpha value is -4.28. The summed E-state index contributed by atoms with van der Waals surface area (Å²) in [6.07, 6.45) is -6.10. The normalized spacial score (nSPS) is 11.9. The molecule has 0 saturated carbocycles. The molecule has 6 nitrogen and oxygen atoms in total. The molecule has 39 heavy (non-hydrogen) atoms. The number of nitrogen functional groups attached to an aromatic ring is 2. The van der Waals surface area contributed by atoms with Crippen LogP contribution in [0.25, 0.3) is 6.08 Å². The van der Waals surface area contributed by atoms with E-state index in [0.717, 1.165) is 17.7 Å². The number of ether oxygens (including phenoxy) is 3. The second kappa shape index (κ2) is 13.0. The molecule has 0 aliphatic rings. The minimum absolute atomic E-state index is 0.102. The number of hydrogen-bond acceptors (Lipinski definition) is 6. The molecule has 0 spiro atoms. The predicted octanol–water partition coefficient (Wildman–Crippen LogP) is 6.50. The average Bonchev–Trinajstić information content (AvgIpc) is 2.87. The number of carbonyl (C=O) groups is 1. The van der Waals surface area contributed by atoms with Gasteiger partial charge in [0.25, 0.3) is 0 Å². The van der Waals surface area contributed by atoms with Crippen molar-refractivity contribution in [3.63, 3.8) is 0 Å². The maximum atomic E-state index is 14.6. The first kappa shape index (κ1) is 29.3. The lowest BCUT2D eigenvalue weighted by molar-refractivity contribution is -0.185. The van der Waals surface area contributed by atoms with E-state index < -0.39 is 30.2 Å². The van der Waals surface area contributed by atoms with Gasteiger partial charge in [-0.3, -0.25) is 0 Å². The smallest absolute Gasteiger partial charge is 0.426 e. The van der Waals surface area contributed by atoms with Gasteiger partial charge in [0.1, 0.15) is 11.5 Å². The summed E-state index contributed by atoms with van der Waals surface area (Å²) in [7, 11) is 0. The zero-order valence-corrected chi connectivity index (χ0v) is 20.7. The van der Waals surface area contributed by atoms with E-state index >= 15 is 0 Å². The zero-order valence-electron chi connectivity index (χ0n) is 20.7. The van der Waals surface area contributed by atoms with Crippen LogP contribution in [0.3, 0.4) is 0 Å². The fourth-order valence-electron chi connectivity index (χ4n) is 3.38. The van der Waals surface area contributed by atoms with Crippen LogP contribution >= 0.6 is 0 Å². The van der Waals surface area contributed by atoms with E-state index in [1.165, 1.54) is 48.6 Å². The van der Waals surface area contributed by atoms with Gasteiger partial charge in [-0.2, -0.15) is 22.0 Å². The number of alkyl halides is 5. The minimum Gasteiger partial charge on any atom is -0.494 e. The highest BCUT2D eigenvalue weighted by Gasteiger charge is 2.34. The summed E-state index contributed by atoms with van der Waals surface area (Å²) in [5, 5.41) is 0. The third kappa shape index (κ3) is 9.84. The van der Waals surface area contributed by atoms with Gasteiger partial charge in [0.05, 0.1) is 18.8 Å². The van der Waals surface area contributed by atoms with E-state index in [-0.39, 0.29) is 31.1 Å². The van der Waals surface area contributed by atoms with Crippen molar-refractivity contribution >= 4 is 23.4 Å². The van der Waals surface area contributed by atoms with Gasteiger partial charge in [-0.1, -0.05) is 18.2 Å². The lowest BCUT2D eigenvalue weighted by atomic mass is 10.1. The Kier molecular flexibility index (Phi) is 9.75. The van der Waals surface area contributed by atoms with Crippen molar-refractivity contribution in [1.82, 2.24) is 0 Å². The number of esters is 1. The highest BCUT2D eigenvalue weighted by atomic mass is 19.4. The molecule has 4 N–H and O–H groups in total. The molecule has 3 aromatic carbocycles. The molecule has 0 aliphatic carbocycles. The van der Waals surface area contributed by atoms with Crippen molar-refractivity contribution < 1.29 is 41.0 Å². The predicted molar refractivity (Wildman–Crippen MR) is 137 cm³/mol. The fraction of sp³-hybridized carbons (Fsp3) is 0.250. The third-order valence-corrected chi connectivity index (χ3v) is 5.39. The van der Waals surface area contributed by atoms with Crippen molar-refractivity contribution in [3.8, 4) is 11.5 Å². The first-order valence-corrected chi connectivity index (χ1v) is 11.9. The highest BCUT2D eigenvalue weighted by Crippen LogP contribution is 2.32. The zero-order chi connectivity index (χ0) is 28.5. The van der Waals surface area contributed by atoms with Gasteiger partial charge in [0.2, 0.25) is 0 Å². The second-order valence-electron chi connectivity index (χ2n) is 8.49. The Labute approximate surface area is 222 Å². The van der Waals surface area contributed by atoms with Crippen LogP contribution in [-0.4, -0.2) is 25.4 Å². The first-order chi connectivity index (χ1) is 18.4. The summed E-state index contributed by atoms with van der Waals surface area (Å²) < 4.78 is 80.8. The van der Waals surface area contributed by atoms with E-state index in [4.69, 9.17) is 25.7 Å². The number of anilines is 2. The lowest BCUT2D eigenvalue weighted by Crippen LogP contribution is -2.21. The van der Waals surface area contributed by atoms with Crippen LogP contribution in [0, 0.1) is 0 Å². The van der Waals surface area contributed by atoms with E-state index in [9.17, 15) is 26.7 Å². The molecule has 0 bridgehead atoms. The SMILES string of the molecule is Nc1ccc(CCOC(=O)/C=C/c2ccc(C(F)(F)Oc3ccc(OCCCC(F)(F)F)cc3)cc2)c(N)c1. The monoisotopic (exact) mass is 550 g/mol. The van der Waals surface area contributed by atoms with Gasteiger partial charge in [-0.25, -0.2) is 4.79 Å². The molecule has 0 saturated heterocycles. The van der Waals surface area contributed by atoms with Crippen LogP contribution < -0.4 is 20.9 Å². The van der Waals surface area contributed by atoms with E-state index in [2.05, 4.69) is 0 Å². The molecule has 0 unspecified atom stereocenters. The number of nitrogens with two attached hydrogens (primary N) is 2. The molecule has 3 rings (SSSR count). The van der Waals surface area contributed by atoms with Crippen molar-refractivity contribution in [2.75, 3.05) is 24.7 Å². The molecular formula is C28H27F5N2O4. The van der Waals surface area contributed by atoms with Crippen molar-refractivity contribution in [1.29, 1.82) is 0 Å². The van der Waals surface area contributed by atoms with Crippen molar-refractivity contribution in [3.05, 3.63) is 89.5 Å². The number of carbonyl (C=O) groups excluding carboxylic acids is 1. The van der Waals surface area contributed by atoms with Gasteiger partial charge in [0.15, 0.2) is 0 Å². The number of rotatable bonds is 12. The van der Waals surface area contributed by atoms with Gasteiger partial charge >= 0.3 is 18.3 Å². The quantitative estimate of drug-likeness (QED) is 0.0879. The van der Waals surface area contributed by atoms with Gasteiger partial charge in [-0.15, -0.1) is 0 Å². The maximum Gasteiger partial charge on any atom is 0.426 e. The Balaban J connectivity index is 1.47. The molecule has 0 aromatic heterocycles. The first-order valence-electron chi connectivity index (χ1n) is 11.9. The Bertz CT molecular complexity index is 1260. The molecule has 0 aliphatic heterocycles. The van der Waals surface area contributed by atoms with Crippen LogP contribution in [-0.2, 0) is 22.1 Å². The standard InChI is InChI=1S/C28H27F5N2O4/c29-27(30,31)15-1-16-37-23-9-11-24(12-10-23)39-28(32,33)21-6-2-19(3-7-21)4-13-26(36)38-17-14-20-5-8-22(34)18-25(20)35/h2-13,18H,1,14-17,34-35H2/b13-4+. The summed E-state index contributed by atoms with van der Waals surface area (Å²) in [5.41, 5.74) is 13.4. The second-order valence-corrected chi connectivity index (χ2v) is 8.49. The molecule has 0 amide bonds. The molecule has 0 fully saturated rings. The van der Waals surface area contributed by atoms with Crippen LogP contribution in [0.1, 0.15) is 29.5 Å². The van der Waals surface area contributed by atoms with Crippen LogP contribution in [0.4, 0.5) is 33.3 Å². The van der Waals surface area contributed by atoms with Gasteiger partial charge in [-0.05, 0) is 72.2 Å². The number of halogens is 5. The molecule has 0 radical (unpaired) electrons. The summed E-state index contributed by atoms with van der Waals surface area (Å²) in [4.78, 5) is 12.0. The van der Waals surface area contributed by atoms with Gasteiger partial charge < -0.3 is 25.7 Å². The minimum atomic E-state index is -4.26. The van der Waals surface area contributed by atoms with E-state index in [1.54, 1.807) is 18.2 Å². The molecule has 208 valence electrons. The Morgan fingerprint density at radius 3 is 2.15 bits per heavy atom. The molecule has 0 heterocycles. The summed E-state index contributed by atoms with van der Waals surface area (Å²) in [5.74, 6) is -0.526. The number of benzene rings is 3. The van der Waals surface area contributed by atoms with Crippen LogP contribution in [0.2, 0.25) is 0 Å². The Morgan fingerprint density at radius 2 is 1.51 bits per heavy atom. The average molecular weight is 551 g/mol. The summed E-state index contributed by atoms with van der Waals surface area (Å²) in [6.45, 7) is -0.0575.